The second-order valence-electron chi connectivity index (χ2n) is 14.7. The predicted molar refractivity (Wildman–Crippen MR) is 149 cm³/mol. The lowest BCUT2D eigenvalue weighted by Gasteiger charge is -2.62. The third kappa shape index (κ3) is 5.29. The summed E-state index contributed by atoms with van der Waals surface area (Å²) >= 11 is 0. The van der Waals surface area contributed by atoms with E-state index in [1.165, 1.54) is 44.9 Å². The highest BCUT2D eigenvalue weighted by Crippen LogP contribution is 2.68. The molecule has 4 fully saturated rings. The van der Waals surface area contributed by atoms with Gasteiger partial charge < -0.3 is 14.9 Å². The van der Waals surface area contributed by atoms with Gasteiger partial charge in [0.2, 0.25) is 0 Å². The first-order valence-electron chi connectivity index (χ1n) is 15.4. The van der Waals surface area contributed by atoms with E-state index in [0.29, 0.717) is 17.9 Å². The molecule has 0 spiro atoms. The molecule has 208 valence electrons. The highest BCUT2D eigenvalue weighted by atomic mass is 16.5. The maximum Gasteiger partial charge on any atom is 0.0892 e. The Morgan fingerprint density at radius 1 is 1.00 bits per heavy atom. The van der Waals surface area contributed by atoms with E-state index in [2.05, 4.69) is 25.8 Å². The second kappa shape index (κ2) is 10.5. The number of nitrogens with zero attached hydrogens (tertiary/aromatic N) is 1. The Bertz CT molecular complexity index is 899. The number of pyridine rings is 1. The van der Waals surface area contributed by atoms with E-state index >= 15 is 0 Å². The molecule has 1 aromatic heterocycles. The van der Waals surface area contributed by atoms with Crippen molar-refractivity contribution in [1.82, 2.24) is 4.98 Å². The van der Waals surface area contributed by atoms with Crippen molar-refractivity contribution in [1.29, 1.82) is 0 Å². The summed E-state index contributed by atoms with van der Waals surface area (Å²) < 4.78 is 6.26. The molecule has 0 aromatic carbocycles. The fourth-order valence-electron chi connectivity index (χ4n) is 10.2. The molecule has 1 aromatic rings. The molecule has 1 heterocycles. The van der Waals surface area contributed by atoms with Crippen molar-refractivity contribution < 1.29 is 14.9 Å². The molecule has 37 heavy (non-hydrogen) atoms. The minimum atomic E-state index is -0.541. The van der Waals surface area contributed by atoms with Crippen molar-refractivity contribution in [3.05, 3.63) is 30.1 Å². The molecule has 5 rings (SSSR count). The largest absolute Gasteiger partial charge is 0.390 e. The molecule has 4 nitrogen and oxygen atoms in total. The third-order valence-corrected chi connectivity index (χ3v) is 12.1. The topological polar surface area (TPSA) is 62.6 Å². The molecule has 2 N–H and O–H groups in total. The van der Waals surface area contributed by atoms with Gasteiger partial charge in [-0.2, -0.15) is 0 Å². The number of hydrogen-bond donors (Lipinski definition) is 2. The first kappa shape index (κ1) is 27.6. The molecule has 0 unspecified atom stereocenters. The van der Waals surface area contributed by atoms with Gasteiger partial charge in [0.25, 0.3) is 0 Å². The molecular weight excluding hydrogens is 458 g/mol. The van der Waals surface area contributed by atoms with Crippen molar-refractivity contribution in [2.24, 2.45) is 46.3 Å². The number of hydrogen-bond acceptors (Lipinski definition) is 4. The maximum absolute atomic E-state index is 11.5. The smallest absolute Gasteiger partial charge is 0.0892 e. The van der Waals surface area contributed by atoms with Crippen LogP contribution in [0.2, 0.25) is 0 Å². The quantitative estimate of drug-likeness (QED) is 0.388. The highest BCUT2D eigenvalue weighted by Gasteiger charge is 2.62. The predicted octanol–water partition coefficient (Wildman–Crippen LogP) is 7.17. The number of aliphatic hydroxyl groups excluding tert-OH is 1. The van der Waals surface area contributed by atoms with Gasteiger partial charge in [0.1, 0.15) is 0 Å². The summed E-state index contributed by atoms with van der Waals surface area (Å²) in [6.07, 6.45) is 14.8. The van der Waals surface area contributed by atoms with E-state index in [9.17, 15) is 10.2 Å². The van der Waals surface area contributed by atoms with Crippen molar-refractivity contribution in [2.75, 3.05) is 0 Å². The Hall–Kier alpha value is -0.970. The third-order valence-electron chi connectivity index (χ3n) is 12.1. The molecule has 4 aliphatic rings. The van der Waals surface area contributed by atoms with Crippen LogP contribution in [-0.4, -0.2) is 33.0 Å². The Kier molecular flexibility index (Phi) is 7.86. The zero-order valence-electron chi connectivity index (χ0n) is 24.2. The normalized spacial score (nSPS) is 42.5. The Morgan fingerprint density at radius 3 is 2.46 bits per heavy atom. The second-order valence-corrected chi connectivity index (χ2v) is 14.7. The minimum absolute atomic E-state index is 0.0638. The molecular formula is C33H53NO3. The van der Waals surface area contributed by atoms with E-state index in [0.717, 1.165) is 61.0 Å². The summed E-state index contributed by atoms with van der Waals surface area (Å²) in [5.41, 5.74) is 1.12. The molecule has 4 aliphatic carbocycles. The molecule has 0 amide bonds. The molecule has 0 bridgehead atoms. The van der Waals surface area contributed by atoms with Gasteiger partial charge in [-0.3, -0.25) is 4.98 Å². The maximum atomic E-state index is 11.5. The zero-order chi connectivity index (χ0) is 26.4. The van der Waals surface area contributed by atoms with E-state index in [1.54, 1.807) is 0 Å². The monoisotopic (exact) mass is 511 g/mol. The van der Waals surface area contributed by atoms with Crippen LogP contribution in [0.3, 0.4) is 0 Å². The first-order valence-corrected chi connectivity index (χ1v) is 15.4. The van der Waals surface area contributed by atoms with E-state index < -0.39 is 5.60 Å². The summed E-state index contributed by atoms with van der Waals surface area (Å²) in [6.45, 7) is 12.0. The van der Waals surface area contributed by atoms with Crippen LogP contribution in [0.1, 0.15) is 111 Å². The van der Waals surface area contributed by atoms with Crippen LogP contribution in [0.5, 0.6) is 0 Å². The van der Waals surface area contributed by atoms with Crippen LogP contribution in [0, 0.1) is 46.3 Å². The van der Waals surface area contributed by atoms with Crippen LogP contribution in [-0.2, 0) is 11.3 Å². The Morgan fingerprint density at radius 2 is 1.73 bits per heavy atom. The zero-order valence-corrected chi connectivity index (χ0v) is 24.2. The van der Waals surface area contributed by atoms with Gasteiger partial charge in [-0.15, -0.1) is 0 Å². The molecule has 4 saturated carbocycles. The van der Waals surface area contributed by atoms with Gasteiger partial charge in [0.05, 0.1) is 30.1 Å². The summed E-state index contributed by atoms with van der Waals surface area (Å²) in [5.74, 6) is 4.35. The lowest BCUT2D eigenvalue weighted by atomic mass is 9.44. The van der Waals surface area contributed by atoms with Crippen molar-refractivity contribution >= 4 is 0 Å². The lowest BCUT2D eigenvalue weighted by Crippen LogP contribution is -2.58. The fourth-order valence-corrected chi connectivity index (χ4v) is 10.2. The highest BCUT2D eigenvalue weighted by molar-refractivity contribution is 5.11. The van der Waals surface area contributed by atoms with Gasteiger partial charge in [0, 0.05) is 6.20 Å². The standard InChI is InChI=1S/C33H53NO3/c1-22(9-8-17-31(2,3)36)25-13-14-26-24-11-12-28-30(35)29(37-21-23-10-6-7-20-34-23)16-19-33(28,5)27(24)15-18-32(25,26)4/h6-7,10,20,22,24-30,35-36H,8-9,11-19,21H2,1-5H3/t22-,24+,25-,26+,27+,28+,29+,30-,32-,33-/m1/s1. The first-order chi connectivity index (χ1) is 17.5. The van der Waals surface area contributed by atoms with Crippen LogP contribution < -0.4 is 0 Å². The Labute approximate surface area is 226 Å². The average Bonchev–Trinajstić information content (AvgIpc) is 3.21. The fraction of sp³-hybridized carbons (Fsp3) is 0.848. The van der Waals surface area contributed by atoms with Gasteiger partial charge in [-0.1, -0.05) is 39.7 Å². The van der Waals surface area contributed by atoms with Gasteiger partial charge in [0.15, 0.2) is 0 Å². The molecule has 4 heteroatoms. The molecule has 0 radical (unpaired) electrons. The molecule has 10 atom stereocenters. The number of aromatic nitrogens is 1. The van der Waals surface area contributed by atoms with Crippen molar-refractivity contribution in [2.45, 2.75) is 130 Å². The number of ether oxygens (including phenoxy) is 1. The minimum Gasteiger partial charge on any atom is -0.390 e. The van der Waals surface area contributed by atoms with Gasteiger partial charge >= 0.3 is 0 Å². The van der Waals surface area contributed by atoms with Crippen LogP contribution in [0.15, 0.2) is 24.4 Å². The lowest BCUT2D eigenvalue weighted by molar-refractivity contribution is -0.188. The average molecular weight is 512 g/mol. The van der Waals surface area contributed by atoms with Crippen LogP contribution in [0.4, 0.5) is 0 Å². The van der Waals surface area contributed by atoms with E-state index in [4.69, 9.17) is 4.74 Å². The van der Waals surface area contributed by atoms with Crippen LogP contribution >= 0.6 is 0 Å². The molecule has 0 saturated heterocycles. The van der Waals surface area contributed by atoms with Crippen molar-refractivity contribution in [3.63, 3.8) is 0 Å². The van der Waals surface area contributed by atoms with Gasteiger partial charge in [-0.05, 0) is 130 Å². The van der Waals surface area contributed by atoms with Gasteiger partial charge in [-0.25, -0.2) is 0 Å². The van der Waals surface area contributed by atoms with E-state index in [1.807, 2.05) is 38.2 Å². The van der Waals surface area contributed by atoms with Crippen LogP contribution in [0.25, 0.3) is 0 Å². The SMILES string of the molecule is C[C@H](CCCC(C)(C)O)[C@H]1CC[C@H]2[C@@H]3CC[C@H]4[C@@H](O)[C@@H](OCc5ccccn5)CC[C@]4(C)[C@H]3CC[C@]12C. The number of aliphatic hydroxyl groups is 2. The Balaban J connectivity index is 1.23. The summed E-state index contributed by atoms with van der Waals surface area (Å²) in [5, 5.41) is 21.7. The summed E-state index contributed by atoms with van der Waals surface area (Å²) in [6, 6.07) is 5.94. The number of rotatable bonds is 8. The van der Waals surface area contributed by atoms with E-state index in [-0.39, 0.29) is 17.6 Å². The molecule has 0 aliphatic heterocycles. The summed E-state index contributed by atoms with van der Waals surface area (Å²) in [7, 11) is 0. The summed E-state index contributed by atoms with van der Waals surface area (Å²) in [4.78, 5) is 4.40. The number of fused-ring (bicyclic) bond motifs is 5. The van der Waals surface area contributed by atoms with Crippen molar-refractivity contribution in [3.8, 4) is 0 Å².